The first-order valence-electron chi connectivity index (χ1n) is 9.86. The Bertz CT molecular complexity index is 501. The van der Waals surface area contributed by atoms with Gasteiger partial charge in [-0.3, -0.25) is 9.59 Å². The highest BCUT2D eigenvalue weighted by Crippen LogP contribution is 2.35. The number of Topliss-reactive ketones (excluding diaryl/α,β-unsaturated/α-hetero) is 1. The summed E-state index contributed by atoms with van der Waals surface area (Å²) in [6, 6.07) is -0.463. The van der Waals surface area contributed by atoms with E-state index in [1.54, 1.807) is 0 Å². The van der Waals surface area contributed by atoms with Gasteiger partial charge in [-0.05, 0) is 32.1 Å². The van der Waals surface area contributed by atoms with Crippen molar-refractivity contribution in [2.75, 3.05) is 0 Å². The average Bonchev–Trinajstić information content (AvgIpc) is 2.62. The first-order valence-corrected chi connectivity index (χ1v) is 9.86. The number of carbonyl (C=O) groups is 2. The maximum atomic E-state index is 13.6. The van der Waals surface area contributed by atoms with Crippen molar-refractivity contribution < 1.29 is 14.3 Å². The van der Waals surface area contributed by atoms with Gasteiger partial charge < -0.3 is 15.8 Å². The van der Waals surface area contributed by atoms with Crippen LogP contribution in [0.25, 0.3) is 0 Å². The predicted molar refractivity (Wildman–Crippen MR) is 106 cm³/mol. The van der Waals surface area contributed by atoms with E-state index in [0.29, 0.717) is 6.42 Å². The Kier molecular flexibility index (Phi) is 9.28. The summed E-state index contributed by atoms with van der Waals surface area (Å²) >= 11 is 0. The highest BCUT2D eigenvalue weighted by molar-refractivity contribution is 5.96. The zero-order valence-corrected chi connectivity index (χ0v) is 17.1. The molecule has 150 valence electrons. The SMILES string of the molecule is CCC(CC)O[C@@H]1C=CC[C@H](N)[C@]1(NC(C)=O)C(=O)C1CCCCC1.Cl. The van der Waals surface area contributed by atoms with Gasteiger partial charge in [0.2, 0.25) is 5.91 Å². The van der Waals surface area contributed by atoms with E-state index < -0.39 is 17.7 Å². The van der Waals surface area contributed by atoms with Crippen LogP contribution in [0.5, 0.6) is 0 Å². The largest absolute Gasteiger partial charge is 0.368 e. The zero-order valence-electron chi connectivity index (χ0n) is 16.3. The lowest BCUT2D eigenvalue weighted by molar-refractivity contribution is -0.145. The number of ketones is 1. The van der Waals surface area contributed by atoms with Crippen molar-refractivity contribution in [3.63, 3.8) is 0 Å². The molecule has 0 radical (unpaired) electrons. The van der Waals surface area contributed by atoms with Crippen LogP contribution in [0, 0.1) is 5.92 Å². The second-order valence-corrected chi connectivity index (χ2v) is 7.51. The lowest BCUT2D eigenvalue weighted by Crippen LogP contribution is -2.73. The van der Waals surface area contributed by atoms with Crippen molar-refractivity contribution in [1.82, 2.24) is 5.32 Å². The summed E-state index contributed by atoms with van der Waals surface area (Å²) in [6.45, 7) is 5.60. The van der Waals surface area contributed by atoms with Gasteiger partial charge in [0.15, 0.2) is 5.78 Å². The lowest BCUT2D eigenvalue weighted by atomic mass is 9.69. The topological polar surface area (TPSA) is 81.4 Å². The van der Waals surface area contributed by atoms with Gasteiger partial charge in [-0.2, -0.15) is 0 Å². The molecule has 5 nitrogen and oxygen atoms in total. The van der Waals surface area contributed by atoms with Gasteiger partial charge in [0, 0.05) is 18.9 Å². The minimum atomic E-state index is -1.15. The van der Waals surface area contributed by atoms with E-state index in [4.69, 9.17) is 10.5 Å². The van der Waals surface area contributed by atoms with Crippen LogP contribution >= 0.6 is 12.4 Å². The number of hydrogen-bond acceptors (Lipinski definition) is 4. The molecule has 0 aromatic carbocycles. The van der Waals surface area contributed by atoms with Crippen LogP contribution in [-0.2, 0) is 14.3 Å². The molecule has 2 aliphatic rings. The van der Waals surface area contributed by atoms with Crippen molar-refractivity contribution >= 4 is 24.1 Å². The first-order chi connectivity index (χ1) is 12.0. The summed E-state index contributed by atoms with van der Waals surface area (Å²) in [5.74, 6) is -0.200. The van der Waals surface area contributed by atoms with Gasteiger partial charge >= 0.3 is 0 Å². The van der Waals surface area contributed by atoms with Crippen LogP contribution in [-0.4, -0.2) is 35.5 Å². The van der Waals surface area contributed by atoms with Gasteiger partial charge in [0.25, 0.3) is 0 Å². The summed E-state index contributed by atoms with van der Waals surface area (Å²) < 4.78 is 6.29. The molecule has 0 spiro atoms. The van der Waals surface area contributed by atoms with Gasteiger partial charge in [0.1, 0.15) is 11.6 Å². The Morgan fingerprint density at radius 3 is 2.38 bits per heavy atom. The molecule has 6 heteroatoms. The number of halogens is 1. The molecule has 1 fully saturated rings. The third-order valence-electron chi connectivity index (χ3n) is 5.75. The van der Waals surface area contributed by atoms with E-state index in [9.17, 15) is 9.59 Å². The smallest absolute Gasteiger partial charge is 0.217 e. The van der Waals surface area contributed by atoms with E-state index in [-0.39, 0.29) is 36.1 Å². The molecule has 2 rings (SSSR count). The van der Waals surface area contributed by atoms with E-state index in [1.807, 2.05) is 12.2 Å². The van der Waals surface area contributed by atoms with Crippen molar-refractivity contribution in [1.29, 1.82) is 0 Å². The Morgan fingerprint density at radius 2 is 1.85 bits per heavy atom. The van der Waals surface area contributed by atoms with Crippen molar-refractivity contribution in [2.45, 2.75) is 95.9 Å². The number of hydrogen-bond donors (Lipinski definition) is 2. The Labute approximate surface area is 163 Å². The van der Waals surface area contributed by atoms with Crippen molar-refractivity contribution in [3.05, 3.63) is 12.2 Å². The van der Waals surface area contributed by atoms with Gasteiger partial charge in [0.05, 0.1) is 6.10 Å². The third-order valence-corrected chi connectivity index (χ3v) is 5.75. The highest BCUT2D eigenvalue weighted by Gasteiger charge is 2.54. The minimum Gasteiger partial charge on any atom is -0.368 e. The molecular weight excluding hydrogens is 352 g/mol. The van der Waals surface area contributed by atoms with Crippen molar-refractivity contribution in [3.8, 4) is 0 Å². The lowest BCUT2D eigenvalue weighted by Gasteiger charge is -2.47. The molecule has 3 N–H and O–H groups in total. The van der Waals surface area contributed by atoms with E-state index >= 15 is 0 Å². The summed E-state index contributed by atoms with van der Waals surface area (Å²) in [7, 11) is 0. The number of ether oxygens (including phenoxy) is 1. The molecule has 1 amide bonds. The van der Waals surface area contributed by atoms with Gasteiger partial charge in [-0.15, -0.1) is 12.4 Å². The summed E-state index contributed by atoms with van der Waals surface area (Å²) in [5.41, 5.74) is 5.30. The van der Waals surface area contributed by atoms with Crippen LogP contribution in [0.3, 0.4) is 0 Å². The van der Waals surface area contributed by atoms with Crippen LogP contribution in [0.4, 0.5) is 0 Å². The van der Waals surface area contributed by atoms with E-state index in [1.165, 1.54) is 13.3 Å². The fourth-order valence-electron chi connectivity index (χ4n) is 4.28. The Morgan fingerprint density at radius 1 is 1.23 bits per heavy atom. The molecule has 0 saturated heterocycles. The Hall–Kier alpha value is -0.910. The monoisotopic (exact) mass is 386 g/mol. The molecule has 0 unspecified atom stereocenters. The molecular formula is C20H35ClN2O3. The number of amides is 1. The molecule has 0 aromatic rings. The predicted octanol–water partition coefficient (Wildman–Crippen LogP) is 3.29. The normalized spacial score (nSPS) is 29.3. The zero-order chi connectivity index (χ0) is 18.4. The van der Waals surface area contributed by atoms with E-state index in [2.05, 4.69) is 19.2 Å². The summed E-state index contributed by atoms with van der Waals surface area (Å²) in [6.07, 6.45) is 10.8. The molecule has 3 atom stereocenters. The molecule has 0 bridgehead atoms. The quantitative estimate of drug-likeness (QED) is 0.658. The maximum Gasteiger partial charge on any atom is 0.217 e. The minimum absolute atomic E-state index is 0. The number of carbonyl (C=O) groups excluding carboxylic acids is 2. The second kappa shape index (κ2) is 10.4. The third kappa shape index (κ3) is 4.87. The van der Waals surface area contributed by atoms with Crippen molar-refractivity contribution in [2.24, 2.45) is 11.7 Å². The first kappa shape index (κ1) is 23.1. The summed E-state index contributed by atoms with van der Waals surface area (Å²) in [5, 5.41) is 2.96. The van der Waals surface area contributed by atoms with Crippen LogP contribution in [0.1, 0.15) is 72.1 Å². The average molecular weight is 387 g/mol. The van der Waals surface area contributed by atoms with Gasteiger partial charge in [-0.1, -0.05) is 45.3 Å². The van der Waals surface area contributed by atoms with E-state index in [0.717, 1.165) is 38.5 Å². The fraction of sp³-hybridized carbons (Fsp3) is 0.800. The molecule has 1 saturated carbocycles. The standard InChI is InChI=1S/C20H34N2O3.ClH/c1-4-16(5-2)25-18-13-9-12-17(21)20(18,22-14(3)23)19(24)15-10-7-6-8-11-15;/h9,13,15-18H,4-8,10-12,21H2,1-3H3,(H,22,23);1H/t17-,18+,20+;/m0./s1. The second-order valence-electron chi connectivity index (χ2n) is 7.51. The Balaban J connectivity index is 0.00000338. The molecule has 0 aliphatic heterocycles. The summed E-state index contributed by atoms with van der Waals surface area (Å²) in [4.78, 5) is 25.6. The maximum absolute atomic E-state index is 13.6. The highest BCUT2D eigenvalue weighted by atomic mass is 35.5. The van der Waals surface area contributed by atoms with Crippen LogP contribution in [0.2, 0.25) is 0 Å². The number of nitrogens with two attached hydrogens (primary N) is 1. The molecule has 26 heavy (non-hydrogen) atoms. The number of rotatable bonds is 7. The molecule has 2 aliphatic carbocycles. The van der Waals surface area contributed by atoms with Crippen LogP contribution in [0.15, 0.2) is 12.2 Å². The number of nitrogens with one attached hydrogen (secondary N) is 1. The molecule has 0 heterocycles. The molecule has 0 aromatic heterocycles. The fourth-order valence-corrected chi connectivity index (χ4v) is 4.28. The van der Waals surface area contributed by atoms with Crippen LogP contribution < -0.4 is 11.1 Å². The van der Waals surface area contributed by atoms with Gasteiger partial charge in [-0.25, -0.2) is 0 Å².